The minimum absolute atomic E-state index is 1.15. The van der Waals surface area contributed by atoms with Crippen molar-refractivity contribution in [1.29, 1.82) is 0 Å². The summed E-state index contributed by atoms with van der Waals surface area (Å²) in [6, 6.07) is 55.3. The number of rotatable bonds is 4. The maximum absolute atomic E-state index is 2.40. The fourth-order valence-electron chi connectivity index (χ4n) is 6.53. The Bertz CT molecular complexity index is 2450. The van der Waals surface area contributed by atoms with Gasteiger partial charge in [0.15, 0.2) is 0 Å². The third-order valence-corrected chi connectivity index (χ3v) is 10.8. The molecule has 202 valence electrons. The largest absolute Gasteiger partial charge is 0.310 e. The fourth-order valence-corrected chi connectivity index (χ4v) is 8.91. The van der Waals surface area contributed by atoms with E-state index in [1.807, 2.05) is 22.7 Å². The number of fused-ring (bicyclic) bond motifs is 8. The zero-order valence-electron chi connectivity index (χ0n) is 23.2. The highest BCUT2D eigenvalue weighted by molar-refractivity contribution is 7.26. The van der Waals surface area contributed by atoms with E-state index in [4.69, 9.17) is 0 Å². The number of hydrogen-bond acceptors (Lipinski definition) is 3. The van der Waals surface area contributed by atoms with Gasteiger partial charge in [-0.3, -0.25) is 0 Å². The lowest BCUT2D eigenvalue weighted by Gasteiger charge is -2.26. The van der Waals surface area contributed by atoms with Crippen molar-refractivity contribution in [1.82, 2.24) is 0 Å². The van der Waals surface area contributed by atoms with E-state index in [-0.39, 0.29) is 0 Å². The summed E-state index contributed by atoms with van der Waals surface area (Å²) >= 11 is 3.76. The second kappa shape index (κ2) is 9.81. The molecule has 3 heteroatoms. The summed E-state index contributed by atoms with van der Waals surface area (Å²) in [5.74, 6) is 0. The Kier molecular flexibility index (Phi) is 5.62. The van der Waals surface area contributed by atoms with Crippen molar-refractivity contribution in [2.75, 3.05) is 4.90 Å². The van der Waals surface area contributed by atoms with Gasteiger partial charge in [-0.1, -0.05) is 103 Å². The van der Waals surface area contributed by atoms with Crippen molar-refractivity contribution in [3.05, 3.63) is 152 Å². The van der Waals surface area contributed by atoms with Gasteiger partial charge in [-0.2, -0.15) is 0 Å². The highest BCUT2D eigenvalue weighted by atomic mass is 32.1. The molecule has 0 N–H and O–H groups in total. The second-order valence-electron chi connectivity index (χ2n) is 10.9. The van der Waals surface area contributed by atoms with Crippen LogP contribution in [-0.2, 0) is 0 Å². The number of benzene rings is 7. The van der Waals surface area contributed by atoms with E-state index in [1.54, 1.807) is 0 Å². The highest BCUT2D eigenvalue weighted by Crippen LogP contribution is 2.46. The van der Waals surface area contributed by atoms with Crippen LogP contribution in [0.15, 0.2) is 152 Å². The van der Waals surface area contributed by atoms with E-state index in [2.05, 4.69) is 157 Å². The van der Waals surface area contributed by atoms with Gasteiger partial charge < -0.3 is 4.90 Å². The molecular weight excluding hydrogens is 559 g/mol. The summed E-state index contributed by atoms with van der Waals surface area (Å²) in [6.07, 6.45) is 0. The summed E-state index contributed by atoms with van der Waals surface area (Å²) in [4.78, 5) is 2.40. The summed E-state index contributed by atoms with van der Waals surface area (Å²) in [5.41, 5.74) is 6.01. The Morgan fingerprint density at radius 2 is 1.07 bits per heavy atom. The molecule has 0 fully saturated rings. The molecule has 0 spiro atoms. The number of thiophene rings is 2. The molecule has 0 saturated carbocycles. The monoisotopic (exact) mass is 583 g/mol. The van der Waals surface area contributed by atoms with E-state index in [0.29, 0.717) is 0 Å². The van der Waals surface area contributed by atoms with Crippen LogP contribution in [-0.4, -0.2) is 0 Å². The zero-order chi connectivity index (χ0) is 28.3. The number of nitrogens with zero attached hydrogens (tertiary/aromatic N) is 1. The van der Waals surface area contributed by atoms with Crippen LogP contribution >= 0.6 is 22.7 Å². The van der Waals surface area contributed by atoms with Crippen LogP contribution in [0.3, 0.4) is 0 Å². The Balaban J connectivity index is 1.21. The predicted molar refractivity (Wildman–Crippen MR) is 190 cm³/mol. The lowest BCUT2D eigenvalue weighted by Crippen LogP contribution is -2.10. The Hall–Kier alpha value is -4.96. The maximum Gasteiger partial charge on any atom is 0.0554 e. The Morgan fingerprint density at radius 3 is 1.95 bits per heavy atom. The van der Waals surface area contributed by atoms with Crippen molar-refractivity contribution in [3.8, 4) is 11.1 Å². The second-order valence-corrected chi connectivity index (χ2v) is 13.0. The molecule has 0 saturated heterocycles. The first-order chi connectivity index (χ1) is 21.3. The van der Waals surface area contributed by atoms with Crippen LogP contribution in [0.1, 0.15) is 0 Å². The summed E-state index contributed by atoms with van der Waals surface area (Å²) in [6.45, 7) is 0. The van der Waals surface area contributed by atoms with Gasteiger partial charge in [-0.05, 0) is 70.4 Å². The predicted octanol–water partition coefficient (Wildman–Crippen LogP) is 12.7. The third-order valence-electron chi connectivity index (χ3n) is 8.46. The first-order valence-corrected chi connectivity index (χ1v) is 16.2. The van der Waals surface area contributed by atoms with Crippen LogP contribution < -0.4 is 4.90 Å². The van der Waals surface area contributed by atoms with Gasteiger partial charge in [0.05, 0.1) is 5.69 Å². The average Bonchev–Trinajstić information content (AvgIpc) is 3.65. The molecule has 2 heterocycles. The highest BCUT2D eigenvalue weighted by Gasteiger charge is 2.19. The van der Waals surface area contributed by atoms with Gasteiger partial charge in [-0.15, -0.1) is 22.7 Å². The van der Waals surface area contributed by atoms with Gasteiger partial charge in [0.25, 0.3) is 0 Å². The van der Waals surface area contributed by atoms with Gasteiger partial charge >= 0.3 is 0 Å². The van der Waals surface area contributed by atoms with Gasteiger partial charge in [-0.25, -0.2) is 0 Å². The van der Waals surface area contributed by atoms with Crippen molar-refractivity contribution >= 4 is 90.9 Å². The molecular formula is C40H25NS2. The topological polar surface area (TPSA) is 3.24 Å². The number of hydrogen-bond donors (Lipinski definition) is 0. The lowest BCUT2D eigenvalue weighted by atomic mass is 9.99. The van der Waals surface area contributed by atoms with Crippen LogP contribution in [0.25, 0.3) is 62.2 Å². The molecule has 2 aromatic heterocycles. The molecule has 0 aliphatic rings. The van der Waals surface area contributed by atoms with Gasteiger partial charge in [0.2, 0.25) is 0 Å². The van der Waals surface area contributed by atoms with Crippen molar-refractivity contribution in [3.63, 3.8) is 0 Å². The van der Waals surface area contributed by atoms with Crippen molar-refractivity contribution in [2.24, 2.45) is 0 Å². The zero-order valence-corrected chi connectivity index (χ0v) is 24.8. The lowest BCUT2D eigenvalue weighted by molar-refractivity contribution is 1.30. The minimum atomic E-state index is 1.15. The first-order valence-electron chi connectivity index (χ1n) is 14.5. The normalized spacial score (nSPS) is 11.7. The molecule has 0 unspecified atom stereocenters. The van der Waals surface area contributed by atoms with Gasteiger partial charge in [0, 0.05) is 51.7 Å². The smallest absolute Gasteiger partial charge is 0.0554 e. The van der Waals surface area contributed by atoms with Crippen LogP contribution in [0.2, 0.25) is 0 Å². The van der Waals surface area contributed by atoms with E-state index < -0.39 is 0 Å². The number of anilines is 3. The van der Waals surface area contributed by atoms with E-state index in [9.17, 15) is 0 Å². The standard InChI is InChI=1S/C40H25NS2/c1-2-11-28(12-3-1)41(34-17-9-19-36-39(34)32-14-6-7-18-35(32)42-36)29-23-20-27(21-24-29)31-15-8-16-33-38-30-13-5-4-10-26(30)22-25-37(38)43-40(31)33/h1-25H. The minimum Gasteiger partial charge on any atom is -0.310 e. The molecule has 43 heavy (non-hydrogen) atoms. The maximum atomic E-state index is 2.40. The van der Waals surface area contributed by atoms with E-state index in [0.717, 1.165) is 11.4 Å². The van der Waals surface area contributed by atoms with Crippen molar-refractivity contribution < 1.29 is 0 Å². The summed E-state index contributed by atoms with van der Waals surface area (Å²) in [7, 11) is 0. The molecule has 9 rings (SSSR count). The Morgan fingerprint density at radius 1 is 0.395 bits per heavy atom. The quantitative estimate of drug-likeness (QED) is 0.199. The van der Waals surface area contributed by atoms with E-state index >= 15 is 0 Å². The van der Waals surface area contributed by atoms with Crippen molar-refractivity contribution in [2.45, 2.75) is 0 Å². The Labute approximate surface area is 257 Å². The fraction of sp³-hybridized carbons (Fsp3) is 0. The van der Waals surface area contributed by atoms with Crippen LogP contribution in [0, 0.1) is 0 Å². The number of para-hydroxylation sites is 1. The summed E-state index contributed by atoms with van der Waals surface area (Å²) in [5, 5.41) is 7.92. The molecule has 0 aliphatic heterocycles. The molecule has 0 aliphatic carbocycles. The van der Waals surface area contributed by atoms with Gasteiger partial charge in [0.1, 0.15) is 0 Å². The molecule has 0 atom stereocenters. The molecule has 9 aromatic rings. The summed E-state index contributed by atoms with van der Waals surface area (Å²) < 4.78 is 5.30. The van der Waals surface area contributed by atoms with Crippen LogP contribution in [0.4, 0.5) is 17.1 Å². The van der Waals surface area contributed by atoms with Crippen LogP contribution in [0.5, 0.6) is 0 Å². The average molecular weight is 584 g/mol. The van der Waals surface area contributed by atoms with E-state index in [1.165, 1.54) is 67.9 Å². The molecule has 0 radical (unpaired) electrons. The SMILES string of the molecule is c1ccc(N(c2ccc(-c3cccc4c3sc3ccc5ccccc5c34)cc2)c2cccc3sc4ccccc4c23)cc1. The molecule has 7 aromatic carbocycles. The molecule has 0 bridgehead atoms. The first kappa shape index (κ1) is 24.6. The third kappa shape index (κ3) is 3.90. The molecule has 1 nitrogen and oxygen atoms in total. The molecule has 0 amide bonds.